The SMILES string of the molecule is O=C(CN(C(=O)c1ccc(Cl)cc1Cl)N1C(=O)CCC1=O)c1ccccc1. The van der Waals surface area contributed by atoms with Gasteiger partial charge in [0.15, 0.2) is 5.78 Å². The average molecular weight is 405 g/mol. The lowest BCUT2D eigenvalue weighted by atomic mass is 10.1. The van der Waals surface area contributed by atoms with E-state index < -0.39 is 30.0 Å². The molecule has 1 saturated heterocycles. The number of hydrogen-bond acceptors (Lipinski definition) is 4. The number of amides is 3. The van der Waals surface area contributed by atoms with E-state index in [-0.39, 0.29) is 23.4 Å². The van der Waals surface area contributed by atoms with E-state index in [4.69, 9.17) is 23.2 Å². The predicted octanol–water partition coefficient (Wildman–Crippen LogP) is 3.38. The summed E-state index contributed by atoms with van der Waals surface area (Å²) >= 11 is 12.0. The molecule has 6 nitrogen and oxygen atoms in total. The molecule has 0 saturated carbocycles. The lowest BCUT2D eigenvalue weighted by molar-refractivity contribution is -0.152. The monoisotopic (exact) mass is 404 g/mol. The van der Waals surface area contributed by atoms with Crippen molar-refractivity contribution in [2.24, 2.45) is 0 Å². The molecule has 138 valence electrons. The van der Waals surface area contributed by atoms with Crippen LogP contribution in [0.5, 0.6) is 0 Å². The maximum absolute atomic E-state index is 13.0. The van der Waals surface area contributed by atoms with Gasteiger partial charge in [0.2, 0.25) is 11.8 Å². The van der Waals surface area contributed by atoms with Gasteiger partial charge in [-0.1, -0.05) is 53.5 Å². The van der Waals surface area contributed by atoms with Crippen molar-refractivity contribution in [1.82, 2.24) is 10.0 Å². The van der Waals surface area contributed by atoms with Gasteiger partial charge in [0.1, 0.15) is 6.54 Å². The molecule has 8 heteroatoms. The first-order chi connectivity index (χ1) is 12.9. The highest BCUT2D eigenvalue weighted by atomic mass is 35.5. The van der Waals surface area contributed by atoms with E-state index in [1.807, 2.05) is 0 Å². The minimum Gasteiger partial charge on any atom is -0.292 e. The fraction of sp³-hybridized carbons (Fsp3) is 0.158. The molecule has 0 bridgehead atoms. The molecule has 0 aromatic heterocycles. The average Bonchev–Trinajstić information content (AvgIpc) is 2.98. The van der Waals surface area contributed by atoms with Crippen molar-refractivity contribution >= 4 is 46.7 Å². The Kier molecular flexibility index (Phi) is 5.58. The molecule has 2 aromatic carbocycles. The van der Waals surface area contributed by atoms with Gasteiger partial charge in [0.25, 0.3) is 5.91 Å². The molecule has 27 heavy (non-hydrogen) atoms. The second kappa shape index (κ2) is 7.90. The molecule has 0 atom stereocenters. The smallest absolute Gasteiger partial charge is 0.274 e. The number of hydrogen-bond donors (Lipinski definition) is 0. The third-order valence-electron chi connectivity index (χ3n) is 4.05. The summed E-state index contributed by atoms with van der Waals surface area (Å²) in [5.74, 6) is -2.23. The quantitative estimate of drug-likeness (QED) is 0.565. The highest BCUT2D eigenvalue weighted by Gasteiger charge is 2.38. The summed E-state index contributed by atoms with van der Waals surface area (Å²) in [4.78, 5) is 50.0. The number of hydrazine groups is 1. The molecule has 3 rings (SSSR count). The Morgan fingerprint density at radius 3 is 2.19 bits per heavy atom. The van der Waals surface area contributed by atoms with Crippen LogP contribution in [0.3, 0.4) is 0 Å². The molecule has 1 fully saturated rings. The summed E-state index contributed by atoms with van der Waals surface area (Å²) in [6, 6.07) is 12.5. The van der Waals surface area contributed by atoms with E-state index in [0.29, 0.717) is 10.6 Å². The summed E-state index contributed by atoms with van der Waals surface area (Å²) in [5, 5.41) is 1.97. The van der Waals surface area contributed by atoms with Crippen LogP contribution in [-0.2, 0) is 9.59 Å². The van der Waals surface area contributed by atoms with E-state index in [9.17, 15) is 19.2 Å². The number of carbonyl (C=O) groups excluding carboxylic acids is 4. The van der Waals surface area contributed by atoms with E-state index in [0.717, 1.165) is 10.0 Å². The zero-order chi connectivity index (χ0) is 19.6. The molecule has 1 aliphatic rings. The van der Waals surface area contributed by atoms with Gasteiger partial charge < -0.3 is 0 Å². The van der Waals surface area contributed by atoms with Gasteiger partial charge in [-0.25, -0.2) is 5.01 Å². The van der Waals surface area contributed by atoms with E-state index in [1.165, 1.54) is 18.2 Å². The number of benzene rings is 2. The zero-order valence-corrected chi connectivity index (χ0v) is 15.5. The molecule has 1 aliphatic heterocycles. The van der Waals surface area contributed by atoms with Crippen LogP contribution >= 0.6 is 23.2 Å². The Bertz CT molecular complexity index is 915. The first-order valence-corrected chi connectivity index (χ1v) is 8.85. The molecule has 3 amide bonds. The Morgan fingerprint density at radius 2 is 1.59 bits per heavy atom. The third kappa shape index (κ3) is 4.02. The first-order valence-electron chi connectivity index (χ1n) is 8.09. The molecule has 0 radical (unpaired) electrons. The largest absolute Gasteiger partial charge is 0.292 e. The van der Waals surface area contributed by atoms with Crippen molar-refractivity contribution < 1.29 is 19.2 Å². The van der Waals surface area contributed by atoms with Crippen molar-refractivity contribution in [1.29, 1.82) is 0 Å². The van der Waals surface area contributed by atoms with Crippen LogP contribution in [0.2, 0.25) is 10.0 Å². The Hall–Kier alpha value is -2.70. The molecule has 0 N–H and O–H groups in total. The molecular weight excluding hydrogens is 391 g/mol. The number of ketones is 1. The van der Waals surface area contributed by atoms with Gasteiger partial charge in [-0.15, -0.1) is 0 Å². The number of halogens is 2. The Balaban J connectivity index is 1.97. The van der Waals surface area contributed by atoms with Crippen LogP contribution in [-0.4, -0.2) is 40.1 Å². The van der Waals surface area contributed by atoms with Crippen LogP contribution in [0.15, 0.2) is 48.5 Å². The summed E-state index contributed by atoms with van der Waals surface area (Å²) in [7, 11) is 0. The zero-order valence-electron chi connectivity index (χ0n) is 14.0. The van der Waals surface area contributed by atoms with Crippen LogP contribution < -0.4 is 0 Å². The van der Waals surface area contributed by atoms with Crippen molar-refractivity contribution in [2.75, 3.05) is 6.54 Å². The fourth-order valence-electron chi connectivity index (χ4n) is 2.72. The maximum atomic E-state index is 13.0. The number of nitrogens with zero attached hydrogens (tertiary/aromatic N) is 2. The van der Waals surface area contributed by atoms with Crippen LogP contribution in [0.1, 0.15) is 33.6 Å². The van der Waals surface area contributed by atoms with Crippen LogP contribution in [0.25, 0.3) is 0 Å². The minimum absolute atomic E-state index is 0.0174. The molecule has 1 heterocycles. The van der Waals surface area contributed by atoms with E-state index >= 15 is 0 Å². The number of imide groups is 1. The highest BCUT2D eigenvalue weighted by Crippen LogP contribution is 2.25. The lowest BCUT2D eigenvalue weighted by Gasteiger charge is -2.29. The second-order valence-electron chi connectivity index (χ2n) is 5.88. The Labute approximate surface area is 165 Å². The standard InChI is InChI=1S/C19H14Cl2N2O4/c20-13-6-7-14(15(21)10-13)19(27)22(23-17(25)8-9-18(23)26)11-16(24)12-4-2-1-3-5-12/h1-7,10H,8-9,11H2. The molecule has 0 unspecified atom stereocenters. The minimum atomic E-state index is -0.732. The maximum Gasteiger partial charge on any atom is 0.274 e. The van der Waals surface area contributed by atoms with Crippen LogP contribution in [0.4, 0.5) is 0 Å². The summed E-state index contributed by atoms with van der Waals surface area (Å²) in [6.07, 6.45) is -0.0347. The third-order valence-corrected chi connectivity index (χ3v) is 4.60. The summed E-state index contributed by atoms with van der Waals surface area (Å²) in [6.45, 7) is -0.473. The Morgan fingerprint density at radius 1 is 0.963 bits per heavy atom. The van der Waals surface area contributed by atoms with E-state index in [1.54, 1.807) is 30.3 Å². The van der Waals surface area contributed by atoms with Gasteiger partial charge in [-0.2, -0.15) is 5.01 Å². The summed E-state index contributed by atoms with van der Waals surface area (Å²) in [5.41, 5.74) is 0.394. The van der Waals surface area contributed by atoms with Gasteiger partial charge in [-0.05, 0) is 18.2 Å². The second-order valence-corrected chi connectivity index (χ2v) is 6.72. The number of carbonyl (C=O) groups is 4. The van der Waals surface area contributed by atoms with Gasteiger partial charge in [-0.3, -0.25) is 19.2 Å². The van der Waals surface area contributed by atoms with Gasteiger partial charge in [0, 0.05) is 23.4 Å². The molecule has 0 aliphatic carbocycles. The van der Waals surface area contributed by atoms with E-state index in [2.05, 4.69) is 0 Å². The predicted molar refractivity (Wildman–Crippen MR) is 99.4 cm³/mol. The number of rotatable bonds is 5. The van der Waals surface area contributed by atoms with Crippen molar-refractivity contribution in [2.45, 2.75) is 12.8 Å². The fourth-order valence-corrected chi connectivity index (χ4v) is 3.21. The van der Waals surface area contributed by atoms with Gasteiger partial charge >= 0.3 is 0 Å². The van der Waals surface area contributed by atoms with Crippen molar-refractivity contribution in [3.05, 3.63) is 69.7 Å². The van der Waals surface area contributed by atoms with Crippen molar-refractivity contribution in [3.8, 4) is 0 Å². The molecular formula is C19H14Cl2N2O4. The first kappa shape index (κ1) is 19.1. The van der Waals surface area contributed by atoms with Crippen LogP contribution in [0, 0.1) is 0 Å². The number of Topliss-reactive ketones (excluding diaryl/α,β-unsaturated/α-hetero) is 1. The van der Waals surface area contributed by atoms with Gasteiger partial charge in [0.05, 0.1) is 10.6 Å². The molecule has 2 aromatic rings. The lowest BCUT2D eigenvalue weighted by Crippen LogP contribution is -2.51. The summed E-state index contributed by atoms with van der Waals surface area (Å²) < 4.78 is 0. The topological polar surface area (TPSA) is 74.8 Å². The highest BCUT2D eigenvalue weighted by molar-refractivity contribution is 6.36. The normalized spacial score (nSPS) is 13.8. The van der Waals surface area contributed by atoms with Crippen molar-refractivity contribution in [3.63, 3.8) is 0 Å². The molecule has 0 spiro atoms.